The van der Waals surface area contributed by atoms with E-state index >= 15 is 0 Å². The van der Waals surface area contributed by atoms with Gasteiger partial charge < -0.3 is 4.57 Å². The first kappa shape index (κ1) is 16.3. The zero-order valence-electron chi connectivity index (χ0n) is 12.7. The Morgan fingerprint density at radius 3 is 2.75 bits per heavy atom. The fourth-order valence-electron chi connectivity index (χ4n) is 2.14. The third-order valence-electron chi connectivity index (χ3n) is 3.34. The Kier molecular flexibility index (Phi) is 4.39. The van der Waals surface area contributed by atoms with Gasteiger partial charge in [0.05, 0.1) is 0 Å². The molecule has 0 unspecified atom stereocenters. The summed E-state index contributed by atoms with van der Waals surface area (Å²) in [5.74, 6) is -3.42. The molecule has 124 valence electrons. The number of alkyl halides is 2. The monoisotopic (exact) mass is 348 g/mol. The van der Waals surface area contributed by atoms with Crippen LogP contribution in [0.5, 0.6) is 0 Å². The minimum absolute atomic E-state index is 0.146. The number of nitrogens with zero attached hydrogens (tertiary/aromatic N) is 3. The molecule has 3 heterocycles. The van der Waals surface area contributed by atoms with Gasteiger partial charge in [-0.25, -0.2) is 4.98 Å². The maximum Gasteiger partial charge on any atom is 0.287 e. The van der Waals surface area contributed by atoms with Crippen molar-refractivity contribution in [2.45, 2.75) is 19.4 Å². The highest BCUT2D eigenvalue weighted by Crippen LogP contribution is 2.29. The molecule has 0 bridgehead atoms. The SMILES string of the molecule is CC(F)(F)c1csc(NC(=O)c2cccn2Cc2ccncc2)n1. The van der Waals surface area contributed by atoms with E-state index in [4.69, 9.17) is 0 Å². The van der Waals surface area contributed by atoms with E-state index in [9.17, 15) is 13.6 Å². The van der Waals surface area contributed by atoms with E-state index in [2.05, 4.69) is 15.3 Å². The third-order valence-corrected chi connectivity index (χ3v) is 4.10. The Balaban J connectivity index is 1.74. The van der Waals surface area contributed by atoms with E-state index < -0.39 is 11.8 Å². The maximum absolute atomic E-state index is 13.2. The number of thiazole rings is 1. The number of hydrogen-bond acceptors (Lipinski definition) is 4. The number of hydrogen-bond donors (Lipinski definition) is 1. The number of carbonyl (C=O) groups excluding carboxylic acids is 1. The number of halogens is 2. The van der Waals surface area contributed by atoms with Crippen LogP contribution in [0.1, 0.15) is 28.7 Å². The van der Waals surface area contributed by atoms with Crippen LogP contribution in [0.15, 0.2) is 48.2 Å². The lowest BCUT2D eigenvalue weighted by molar-refractivity contribution is 0.0135. The molecule has 3 aromatic heterocycles. The first-order chi connectivity index (χ1) is 11.4. The van der Waals surface area contributed by atoms with Crippen LogP contribution in [0.3, 0.4) is 0 Å². The Morgan fingerprint density at radius 2 is 2.08 bits per heavy atom. The largest absolute Gasteiger partial charge is 0.339 e. The van der Waals surface area contributed by atoms with Crippen LogP contribution in [0.25, 0.3) is 0 Å². The highest BCUT2D eigenvalue weighted by molar-refractivity contribution is 7.14. The Morgan fingerprint density at radius 1 is 1.33 bits per heavy atom. The summed E-state index contributed by atoms with van der Waals surface area (Å²) in [5.41, 5.74) is 1.07. The normalized spacial score (nSPS) is 11.5. The number of rotatable bonds is 5. The lowest BCUT2D eigenvalue weighted by Crippen LogP contribution is -2.17. The van der Waals surface area contributed by atoms with Crippen molar-refractivity contribution in [1.82, 2.24) is 14.5 Å². The quantitative estimate of drug-likeness (QED) is 0.764. The van der Waals surface area contributed by atoms with Gasteiger partial charge in [-0.3, -0.25) is 15.1 Å². The molecule has 0 fully saturated rings. The van der Waals surface area contributed by atoms with E-state index in [0.717, 1.165) is 23.8 Å². The van der Waals surface area contributed by atoms with Crippen molar-refractivity contribution in [3.8, 4) is 0 Å². The van der Waals surface area contributed by atoms with E-state index in [1.807, 2.05) is 12.1 Å². The van der Waals surface area contributed by atoms with Gasteiger partial charge in [0.25, 0.3) is 11.8 Å². The fourth-order valence-corrected chi connectivity index (χ4v) is 2.92. The fraction of sp³-hybridized carbons (Fsp3) is 0.188. The number of anilines is 1. The summed E-state index contributed by atoms with van der Waals surface area (Å²) >= 11 is 0.971. The van der Waals surface area contributed by atoms with Crippen LogP contribution in [0.2, 0.25) is 0 Å². The minimum atomic E-state index is -3.03. The highest BCUT2D eigenvalue weighted by Gasteiger charge is 2.28. The summed E-state index contributed by atoms with van der Waals surface area (Å²) in [6, 6.07) is 7.14. The summed E-state index contributed by atoms with van der Waals surface area (Å²) in [5, 5.41) is 3.95. The molecule has 1 N–H and O–H groups in total. The molecule has 5 nitrogen and oxygen atoms in total. The molecule has 0 atom stereocenters. The van der Waals surface area contributed by atoms with Gasteiger partial charge in [0.1, 0.15) is 11.4 Å². The van der Waals surface area contributed by atoms with Crippen molar-refractivity contribution < 1.29 is 13.6 Å². The molecule has 0 aromatic carbocycles. The van der Waals surface area contributed by atoms with Crippen molar-refractivity contribution in [2.75, 3.05) is 5.32 Å². The molecule has 3 aromatic rings. The van der Waals surface area contributed by atoms with E-state index in [0.29, 0.717) is 12.2 Å². The second kappa shape index (κ2) is 6.48. The molecule has 0 saturated carbocycles. The van der Waals surface area contributed by atoms with Crippen LogP contribution in [-0.4, -0.2) is 20.4 Å². The van der Waals surface area contributed by atoms with Gasteiger partial charge in [0.15, 0.2) is 5.13 Å². The standard InChI is InChI=1S/C16H14F2N4OS/c1-16(17,18)13-10-24-15(20-13)21-14(23)12-3-2-8-22(12)9-11-4-6-19-7-5-11/h2-8,10H,9H2,1H3,(H,20,21,23). The van der Waals surface area contributed by atoms with E-state index in [-0.39, 0.29) is 10.8 Å². The van der Waals surface area contributed by atoms with Crippen molar-refractivity contribution in [1.29, 1.82) is 0 Å². The van der Waals surface area contributed by atoms with Crippen LogP contribution in [-0.2, 0) is 12.5 Å². The highest BCUT2D eigenvalue weighted by atomic mass is 32.1. The zero-order valence-corrected chi connectivity index (χ0v) is 13.6. The lowest BCUT2D eigenvalue weighted by Gasteiger charge is -2.09. The molecule has 24 heavy (non-hydrogen) atoms. The first-order valence-electron chi connectivity index (χ1n) is 7.13. The van der Waals surface area contributed by atoms with Crippen molar-refractivity contribution in [2.24, 2.45) is 0 Å². The molecule has 0 aliphatic heterocycles. The molecular weight excluding hydrogens is 334 g/mol. The van der Waals surface area contributed by atoms with Gasteiger partial charge >= 0.3 is 0 Å². The summed E-state index contributed by atoms with van der Waals surface area (Å²) in [7, 11) is 0. The smallest absolute Gasteiger partial charge is 0.287 e. The van der Waals surface area contributed by atoms with E-state index in [1.165, 1.54) is 5.38 Å². The number of amides is 1. The maximum atomic E-state index is 13.2. The third kappa shape index (κ3) is 3.65. The van der Waals surface area contributed by atoms with Crippen LogP contribution >= 0.6 is 11.3 Å². The van der Waals surface area contributed by atoms with Gasteiger partial charge in [0.2, 0.25) is 0 Å². The van der Waals surface area contributed by atoms with Crippen molar-refractivity contribution >= 4 is 22.4 Å². The second-order valence-electron chi connectivity index (χ2n) is 5.26. The molecule has 0 spiro atoms. The van der Waals surface area contributed by atoms with Crippen molar-refractivity contribution in [3.63, 3.8) is 0 Å². The molecule has 0 aliphatic carbocycles. The number of nitrogens with one attached hydrogen (secondary N) is 1. The minimum Gasteiger partial charge on any atom is -0.339 e. The number of aromatic nitrogens is 3. The summed E-state index contributed by atoms with van der Waals surface area (Å²) in [4.78, 5) is 20.1. The average molecular weight is 348 g/mol. The van der Waals surface area contributed by atoms with Gasteiger partial charge in [-0.15, -0.1) is 11.3 Å². The Hall–Kier alpha value is -2.61. The van der Waals surface area contributed by atoms with Gasteiger partial charge in [-0.1, -0.05) is 0 Å². The Bertz CT molecular complexity index is 839. The molecule has 0 aliphatic rings. The van der Waals surface area contributed by atoms with Crippen LogP contribution in [0.4, 0.5) is 13.9 Å². The summed E-state index contributed by atoms with van der Waals surface area (Å²) in [6.07, 6.45) is 5.14. The van der Waals surface area contributed by atoms with Crippen molar-refractivity contribution in [3.05, 3.63) is 65.2 Å². The van der Waals surface area contributed by atoms with Gasteiger partial charge in [0, 0.05) is 37.4 Å². The average Bonchev–Trinajstić information content (AvgIpc) is 3.17. The Labute approximate surface area is 141 Å². The van der Waals surface area contributed by atoms with Gasteiger partial charge in [-0.05, 0) is 29.8 Å². The first-order valence-corrected chi connectivity index (χ1v) is 8.00. The van der Waals surface area contributed by atoms with Crippen LogP contribution < -0.4 is 5.32 Å². The van der Waals surface area contributed by atoms with Gasteiger partial charge in [-0.2, -0.15) is 8.78 Å². The zero-order chi connectivity index (χ0) is 17.2. The molecule has 0 radical (unpaired) electrons. The molecule has 3 rings (SSSR count). The summed E-state index contributed by atoms with van der Waals surface area (Å²) < 4.78 is 28.2. The predicted octanol–water partition coefficient (Wildman–Crippen LogP) is 3.75. The molecular formula is C16H14F2N4OS. The predicted molar refractivity (Wildman–Crippen MR) is 87.4 cm³/mol. The molecule has 1 amide bonds. The molecule has 8 heteroatoms. The number of pyridine rings is 1. The lowest BCUT2D eigenvalue weighted by atomic mass is 10.2. The van der Waals surface area contributed by atoms with Crippen LogP contribution in [0, 0.1) is 0 Å². The number of carbonyl (C=O) groups is 1. The topological polar surface area (TPSA) is 59.8 Å². The van der Waals surface area contributed by atoms with E-state index in [1.54, 1.807) is 35.3 Å². The second-order valence-corrected chi connectivity index (χ2v) is 6.12. The summed E-state index contributed by atoms with van der Waals surface area (Å²) in [6.45, 7) is 1.28. The molecule has 0 saturated heterocycles.